The Labute approximate surface area is 101 Å². The third-order valence-corrected chi connectivity index (χ3v) is 3.09. The molecule has 0 saturated heterocycles. The van der Waals surface area contributed by atoms with Gasteiger partial charge in [0, 0.05) is 20.1 Å². The molecule has 17 heavy (non-hydrogen) atoms. The Kier molecular flexibility index (Phi) is 3.33. The monoisotopic (exact) mass is 234 g/mol. The number of nitrogens with zero attached hydrogens (tertiary/aromatic N) is 2. The van der Waals surface area contributed by atoms with Gasteiger partial charge >= 0.3 is 6.03 Å². The molecule has 2 amide bonds. The van der Waals surface area contributed by atoms with Gasteiger partial charge in [-0.2, -0.15) is 0 Å². The van der Waals surface area contributed by atoms with Crippen molar-refractivity contribution < 1.29 is 9.90 Å². The van der Waals surface area contributed by atoms with E-state index in [1.807, 2.05) is 24.3 Å². The maximum atomic E-state index is 12.1. The Bertz CT molecular complexity index is 418. The molecule has 1 aliphatic rings. The second kappa shape index (κ2) is 4.75. The molecule has 4 nitrogen and oxygen atoms in total. The summed E-state index contributed by atoms with van der Waals surface area (Å²) in [6.07, 6.45) is 0.243. The van der Waals surface area contributed by atoms with E-state index in [2.05, 4.69) is 0 Å². The molecule has 0 radical (unpaired) electrons. The van der Waals surface area contributed by atoms with E-state index in [0.29, 0.717) is 19.5 Å². The average Bonchev–Trinajstić information content (AvgIpc) is 2.32. The van der Waals surface area contributed by atoms with Crippen LogP contribution in [-0.2, 0) is 6.54 Å². The van der Waals surface area contributed by atoms with Crippen molar-refractivity contribution in [3.05, 3.63) is 29.8 Å². The molecule has 0 bridgehead atoms. The number of hydrogen-bond acceptors (Lipinski definition) is 2. The van der Waals surface area contributed by atoms with E-state index < -0.39 is 0 Å². The normalized spacial score (nSPS) is 17.0. The highest BCUT2D eigenvalue weighted by atomic mass is 16.3. The van der Waals surface area contributed by atoms with Gasteiger partial charge in [-0.3, -0.25) is 4.90 Å². The zero-order chi connectivity index (χ0) is 12.4. The Balaban J connectivity index is 2.16. The van der Waals surface area contributed by atoms with Crippen LogP contribution in [0.4, 0.5) is 10.5 Å². The fraction of sp³-hybridized carbons (Fsp3) is 0.462. The van der Waals surface area contributed by atoms with Gasteiger partial charge in [0.25, 0.3) is 0 Å². The summed E-state index contributed by atoms with van der Waals surface area (Å²) in [5.41, 5.74) is 2.13. The summed E-state index contributed by atoms with van der Waals surface area (Å²) in [6, 6.07) is 7.92. The van der Waals surface area contributed by atoms with Crippen molar-refractivity contribution in [3.8, 4) is 0 Å². The van der Waals surface area contributed by atoms with Crippen molar-refractivity contribution in [1.82, 2.24) is 4.90 Å². The number of carbonyl (C=O) groups excluding carboxylic acids is 1. The molecule has 1 unspecified atom stereocenters. The quantitative estimate of drug-likeness (QED) is 0.867. The van der Waals surface area contributed by atoms with Gasteiger partial charge in [0.05, 0.1) is 11.8 Å². The predicted molar refractivity (Wildman–Crippen MR) is 66.9 cm³/mol. The fourth-order valence-corrected chi connectivity index (χ4v) is 2.08. The van der Waals surface area contributed by atoms with Crippen molar-refractivity contribution in [1.29, 1.82) is 0 Å². The molecule has 2 rings (SSSR count). The van der Waals surface area contributed by atoms with E-state index in [9.17, 15) is 9.90 Å². The number of rotatable bonds is 3. The van der Waals surface area contributed by atoms with Crippen molar-refractivity contribution >= 4 is 11.7 Å². The molecule has 1 atom stereocenters. The van der Waals surface area contributed by atoms with Gasteiger partial charge in [-0.1, -0.05) is 18.2 Å². The van der Waals surface area contributed by atoms with Crippen LogP contribution in [0.5, 0.6) is 0 Å². The van der Waals surface area contributed by atoms with Crippen molar-refractivity contribution in [2.45, 2.75) is 26.0 Å². The Morgan fingerprint density at radius 2 is 2.12 bits per heavy atom. The van der Waals surface area contributed by atoms with Crippen molar-refractivity contribution in [3.63, 3.8) is 0 Å². The molecule has 1 aromatic carbocycles. The Hall–Kier alpha value is -1.55. The van der Waals surface area contributed by atoms with E-state index in [4.69, 9.17) is 0 Å². The van der Waals surface area contributed by atoms with E-state index in [1.54, 1.807) is 23.8 Å². The van der Waals surface area contributed by atoms with Gasteiger partial charge < -0.3 is 10.0 Å². The van der Waals surface area contributed by atoms with Gasteiger partial charge in [0.1, 0.15) is 0 Å². The first-order chi connectivity index (χ1) is 8.09. The van der Waals surface area contributed by atoms with Crippen LogP contribution in [0, 0.1) is 0 Å². The SMILES string of the molecule is CC(O)CCN1Cc2ccccc2N(C)C1=O. The van der Waals surface area contributed by atoms with Crippen molar-refractivity contribution in [2.24, 2.45) is 0 Å². The first kappa shape index (κ1) is 11.9. The minimum absolute atomic E-state index is 0.00403. The van der Waals surface area contributed by atoms with Gasteiger partial charge in [-0.05, 0) is 25.0 Å². The lowest BCUT2D eigenvalue weighted by molar-refractivity contribution is 0.155. The van der Waals surface area contributed by atoms with Crippen LogP contribution in [0.1, 0.15) is 18.9 Å². The number of carbonyl (C=O) groups is 1. The molecule has 1 N–H and O–H groups in total. The van der Waals surface area contributed by atoms with Crippen LogP contribution in [0.2, 0.25) is 0 Å². The van der Waals surface area contributed by atoms with Gasteiger partial charge in [-0.15, -0.1) is 0 Å². The standard InChI is InChI=1S/C13H18N2O2/c1-10(16)7-8-15-9-11-5-3-4-6-12(11)14(2)13(15)17/h3-6,10,16H,7-9H2,1-2H3. The van der Waals surface area contributed by atoms with Crippen LogP contribution in [0.25, 0.3) is 0 Å². The summed E-state index contributed by atoms with van der Waals surface area (Å²) in [4.78, 5) is 15.5. The first-order valence-corrected chi connectivity index (χ1v) is 5.88. The zero-order valence-electron chi connectivity index (χ0n) is 10.3. The maximum absolute atomic E-state index is 12.1. The minimum atomic E-state index is -0.370. The number of urea groups is 1. The van der Waals surface area contributed by atoms with Gasteiger partial charge in [-0.25, -0.2) is 4.79 Å². The van der Waals surface area contributed by atoms with E-state index >= 15 is 0 Å². The van der Waals surface area contributed by atoms with E-state index in [-0.39, 0.29) is 12.1 Å². The minimum Gasteiger partial charge on any atom is -0.393 e. The number of aliphatic hydroxyl groups is 1. The lowest BCUT2D eigenvalue weighted by Gasteiger charge is -2.35. The van der Waals surface area contributed by atoms with Crippen LogP contribution in [0.15, 0.2) is 24.3 Å². The largest absolute Gasteiger partial charge is 0.393 e. The van der Waals surface area contributed by atoms with Gasteiger partial charge in [0.2, 0.25) is 0 Å². The third kappa shape index (κ3) is 2.42. The summed E-state index contributed by atoms with van der Waals surface area (Å²) < 4.78 is 0. The van der Waals surface area contributed by atoms with Crippen molar-refractivity contribution in [2.75, 3.05) is 18.5 Å². The van der Waals surface area contributed by atoms with Crippen LogP contribution in [-0.4, -0.2) is 35.7 Å². The number of amides is 2. The molecule has 1 aromatic rings. The summed E-state index contributed by atoms with van der Waals surface area (Å²) in [7, 11) is 1.79. The first-order valence-electron chi connectivity index (χ1n) is 5.88. The van der Waals surface area contributed by atoms with Crippen LogP contribution < -0.4 is 4.90 Å². The lowest BCUT2D eigenvalue weighted by atomic mass is 10.1. The number of benzene rings is 1. The smallest absolute Gasteiger partial charge is 0.324 e. The summed E-state index contributed by atoms with van der Waals surface area (Å²) in [5.74, 6) is 0. The molecule has 0 saturated carbocycles. The second-order valence-electron chi connectivity index (χ2n) is 4.53. The number of hydrogen-bond donors (Lipinski definition) is 1. The summed E-state index contributed by atoms with van der Waals surface area (Å²) >= 11 is 0. The highest BCUT2D eigenvalue weighted by Gasteiger charge is 2.26. The zero-order valence-corrected chi connectivity index (χ0v) is 10.3. The molecule has 1 heterocycles. The number of fused-ring (bicyclic) bond motifs is 1. The molecule has 0 spiro atoms. The Morgan fingerprint density at radius 1 is 1.41 bits per heavy atom. The molecule has 0 aliphatic carbocycles. The summed E-state index contributed by atoms with van der Waals surface area (Å²) in [6.45, 7) is 2.97. The third-order valence-electron chi connectivity index (χ3n) is 3.09. The van der Waals surface area contributed by atoms with Gasteiger partial charge in [0.15, 0.2) is 0 Å². The Morgan fingerprint density at radius 3 is 2.82 bits per heavy atom. The fourth-order valence-electron chi connectivity index (χ4n) is 2.08. The number of aliphatic hydroxyl groups excluding tert-OH is 1. The average molecular weight is 234 g/mol. The highest BCUT2D eigenvalue weighted by molar-refractivity contribution is 5.94. The number of para-hydroxylation sites is 1. The number of anilines is 1. The summed E-state index contributed by atoms with van der Waals surface area (Å²) in [5, 5.41) is 9.28. The maximum Gasteiger partial charge on any atom is 0.324 e. The molecule has 4 heteroatoms. The molecule has 92 valence electrons. The topological polar surface area (TPSA) is 43.8 Å². The van der Waals surface area contributed by atoms with Crippen LogP contribution >= 0.6 is 0 Å². The molecular weight excluding hydrogens is 216 g/mol. The second-order valence-corrected chi connectivity index (χ2v) is 4.53. The van der Waals surface area contributed by atoms with E-state index in [0.717, 1.165) is 11.3 Å². The molecular formula is C13H18N2O2. The van der Waals surface area contributed by atoms with Crippen LogP contribution in [0.3, 0.4) is 0 Å². The van der Waals surface area contributed by atoms with E-state index in [1.165, 1.54) is 0 Å². The predicted octanol–water partition coefficient (Wildman–Crippen LogP) is 1.83. The molecule has 1 aliphatic heterocycles. The molecule has 0 aromatic heterocycles. The lowest BCUT2D eigenvalue weighted by Crippen LogP contribution is -2.45. The highest BCUT2D eigenvalue weighted by Crippen LogP contribution is 2.27. The molecule has 0 fully saturated rings.